The van der Waals surface area contributed by atoms with E-state index in [0.29, 0.717) is 11.1 Å². The van der Waals surface area contributed by atoms with Crippen molar-refractivity contribution in [2.75, 3.05) is 0 Å². The number of aliphatic hydroxyl groups excluding tert-OH is 3. The lowest BCUT2D eigenvalue weighted by Gasteiger charge is -2.38. The Morgan fingerprint density at radius 3 is 2.00 bits per heavy atom. The number of carbonyl (C=O) groups excluding carboxylic acids is 1. The lowest BCUT2D eigenvalue weighted by Crippen LogP contribution is -2.53. The van der Waals surface area contributed by atoms with Gasteiger partial charge in [0.2, 0.25) is 0 Å². The molecule has 0 aromatic heterocycles. The predicted octanol–water partition coefficient (Wildman–Crippen LogP) is 1.15. The van der Waals surface area contributed by atoms with Crippen molar-refractivity contribution in [1.82, 2.24) is 0 Å². The first-order chi connectivity index (χ1) is 11.3. The second kappa shape index (κ2) is 7.23. The zero-order valence-electron chi connectivity index (χ0n) is 13.6. The minimum Gasteiger partial charge on any atom is -0.387 e. The van der Waals surface area contributed by atoms with Crippen LogP contribution in [0, 0.1) is 13.8 Å². The van der Waals surface area contributed by atoms with E-state index in [2.05, 4.69) is 0 Å². The highest BCUT2D eigenvalue weighted by Crippen LogP contribution is 2.37. The molecule has 0 amide bonds. The van der Waals surface area contributed by atoms with Crippen LogP contribution in [0.15, 0.2) is 48.5 Å². The van der Waals surface area contributed by atoms with E-state index in [0.717, 1.165) is 5.56 Å². The van der Waals surface area contributed by atoms with E-state index in [-0.39, 0.29) is 11.8 Å². The Morgan fingerprint density at radius 1 is 0.917 bits per heavy atom. The number of rotatable bonds is 6. The minimum atomic E-state index is -2.34. The quantitative estimate of drug-likeness (QED) is 0.596. The van der Waals surface area contributed by atoms with Crippen molar-refractivity contribution in [2.45, 2.75) is 37.8 Å². The summed E-state index contributed by atoms with van der Waals surface area (Å²) in [5.41, 5.74) is -0.442. The van der Waals surface area contributed by atoms with Gasteiger partial charge >= 0.3 is 0 Å². The van der Waals surface area contributed by atoms with E-state index in [1.165, 1.54) is 6.07 Å². The van der Waals surface area contributed by atoms with Crippen LogP contribution in [0.1, 0.15) is 28.4 Å². The number of benzene rings is 2. The summed E-state index contributed by atoms with van der Waals surface area (Å²) >= 11 is 0. The molecule has 2 aromatic carbocycles. The van der Waals surface area contributed by atoms with Crippen molar-refractivity contribution in [3.63, 3.8) is 0 Å². The molecule has 128 valence electrons. The molecule has 0 aliphatic carbocycles. The van der Waals surface area contributed by atoms with Gasteiger partial charge in [0.15, 0.2) is 11.9 Å². The number of hydrogen-bond donors (Lipinski definition) is 4. The van der Waals surface area contributed by atoms with Gasteiger partial charge in [-0.15, -0.1) is 0 Å². The highest BCUT2D eigenvalue weighted by Gasteiger charge is 2.48. The standard InChI is InChI=1S/C19H22O5/c1-12-7-3-5-9-14(12)17(22)18(23)19(24,16(21)11-20)15-10-6-4-8-13(15)2/h3-11,16-18,21-24H,1-2H3/t16-,17?,18+,19-/m0/s1. The van der Waals surface area contributed by atoms with Gasteiger partial charge in [0.05, 0.1) is 0 Å². The summed E-state index contributed by atoms with van der Waals surface area (Å²) in [4.78, 5) is 11.2. The smallest absolute Gasteiger partial charge is 0.151 e. The van der Waals surface area contributed by atoms with E-state index in [9.17, 15) is 25.2 Å². The molecule has 0 bridgehead atoms. The first-order valence-electron chi connectivity index (χ1n) is 7.67. The molecule has 1 unspecified atom stereocenters. The van der Waals surface area contributed by atoms with Gasteiger partial charge in [0.25, 0.3) is 0 Å². The summed E-state index contributed by atoms with van der Waals surface area (Å²) in [6, 6.07) is 13.4. The normalized spacial score (nSPS) is 17.6. The summed E-state index contributed by atoms with van der Waals surface area (Å²) in [6.07, 6.45) is -5.03. The fourth-order valence-electron chi connectivity index (χ4n) is 2.95. The maximum Gasteiger partial charge on any atom is 0.151 e. The average molecular weight is 330 g/mol. The summed E-state index contributed by atoms with van der Waals surface area (Å²) < 4.78 is 0. The number of aldehydes is 1. The molecule has 0 heterocycles. The monoisotopic (exact) mass is 330 g/mol. The maximum atomic E-state index is 11.2. The van der Waals surface area contributed by atoms with Gasteiger partial charge in [0.1, 0.15) is 18.3 Å². The lowest BCUT2D eigenvalue weighted by atomic mass is 9.77. The Hall–Kier alpha value is -2.05. The predicted molar refractivity (Wildman–Crippen MR) is 89.3 cm³/mol. The third-order valence-corrected chi connectivity index (χ3v) is 4.41. The van der Waals surface area contributed by atoms with Crippen LogP contribution in [0.4, 0.5) is 0 Å². The van der Waals surface area contributed by atoms with Gasteiger partial charge < -0.3 is 25.2 Å². The van der Waals surface area contributed by atoms with E-state index in [1.54, 1.807) is 56.3 Å². The molecule has 0 spiro atoms. The Balaban J connectivity index is 2.54. The van der Waals surface area contributed by atoms with Crippen molar-refractivity contribution >= 4 is 6.29 Å². The summed E-state index contributed by atoms with van der Waals surface area (Å²) in [5, 5.41) is 42.4. The van der Waals surface area contributed by atoms with Gasteiger partial charge in [-0.05, 0) is 36.1 Å². The van der Waals surface area contributed by atoms with Crippen LogP contribution in [-0.2, 0) is 10.4 Å². The van der Waals surface area contributed by atoms with Gasteiger partial charge in [-0.25, -0.2) is 0 Å². The van der Waals surface area contributed by atoms with Crippen molar-refractivity contribution < 1.29 is 25.2 Å². The van der Waals surface area contributed by atoms with Crippen molar-refractivity contribution in [1.29, 1.82) is 0 Å². The number of aliphatic hydroxyl groups is 4. The second-order valence-corrected chi connectivity index (χ2v) is 5.97. The second-order valence-electron chi connectivity index (χ2n) is 5.97. The molecule has 0 aliphatic heterocycles. The molecular formula is C19H22O5. The molecular weight excluding hydrogens is 308 g/mol. The Morgan fingerprint density at radius 2 is 1.46 bits per heavy atom. The largest absolute Gasteiger partial charge is 0.387 e. The van der Waals surface area contributed by atoms with Crippen molar-refractivity contribution in [3.8, 4) is 0 Å². The molecule has 0 saturated carbocycles. The Bertz CT molecular complexity index is 714. The molecule has 24 heavy (non-hydrogen) atoms. The molecule has 4 N–H and O–H groups in total. The zero-order chi connectivity index (χ0) is 17.9. The number of aryl methyl sites for hydroxylation is 2. The lowest BCUT2D eigenvalue weighted by molar-refractivity contribution is -0.183. The molecule has 5 heteroatoms. The first kappa shape index (κ1) is 18.3. The molecule has 0 radical (unpaired) electrons. The molecule has 2 rings (SSSR count). The van der Waals surface area contributed by atoms with E-state index >= 15 is 0 Å². The van der Waals surface area contributed by atoms with Crippen molar-refractivity contribution in [2.24, 2.45) is 0 Å². The van der Waals surface area contributed by atoms with Crippen LogP contribution in [0.25, 0.3) is 0 Å². The topological polar surface area (TPSA) is 98.0 Å². The Labute approximate surface area is 140 Å². The van der Waals surface area contributed by atoms with Crippen LogP contribution in [0.5, 0.6) is 0 Å². The van der Waals surface area contributed by atoms with Gasteiger partial charge in [-0.1, -0.05) is 48.5 Å². The van der Waals surface area contributed by atoms with Crippen LogP contribution in [0.3, 0.4) is 0 Å². The summed E-state index contributed by atoms with van der Waals surface area (Å²) in [7, 11) is 0. The first-order valence-corrected chi connectivity index (χ1v) is 7.67. The van der Waals surface area contributed by atoms with Gasteiger partial charge in [-0.3, -0.25) is 0 Å². The summed E-state index contributed by atoms with van der Waals surface area (Å²) in [6.45, 7) is 3.44. The van der Waals surface area contributed by atoms with E-state index in [1.807, 2.05) is 0 Å². The van der Waals surface area contributed by atoms with E-state index in [4.69, 9.17) is 0 Å². The van der Waals surface area contributed by atoms with Crippen LogP contribution >= 0.6 is 0 Å². The zero-order valence-corrected chi connectivity index (χ0v) is 13.6. The SMILES string of the molecule is Cc1ccccc1C(O)[C@@H](O)[C@](O)(c1ccccc1C)[C@@H](O)C=O. The number of carbonyl (C=O) groups is 1. The highest BCUT2D eigenvalue weighted by atomic mass is 16.4. The molecule has 0 aliphatic rings. The maximum absolute atomic E-state index is 11.2. The molecule has 0 fully saturated rings. The Kier molecular flexibility index (Phi) is 5.51. The van der Waals surface area contributed by atoms with Crippen LogP contribution < -0.4 is 0 Å². The van der Waals surface area contributed by atoms with Gasteiger partial charge in [0, 0.05) is 0 Å². The van der Waals surface area contributed by atoms with Gasteiger partial charge in [-0.2, -0.15) is 0 Å². The molecule has 4 atom stereocenters. The fourth-order valence-corrected chi connectivity index (χ4v) is 2.95. The third kappa shape index (κ3) is 3.12. The molecule has 0 saturated heterocycles. The molecule has 2 aromatic rings. The highest BCUT2D eigenvalue weighted by molar-refractivity contribution is 5.60. The third-order valence-electron chi connectivity index (χ3n) is 4.41. The number of hydrogen-bond acceptors (Lipinski definition) is 5. The van der Waals surface area contributed by atoms with E-state index < -0.39 is 23.9 Å². The fraction of sp³-hybridized carbons (Fsp3) is 0.316. The summed E-state index contributed by atoms with van der Waals surface area (Å²) in [5.74, 6) is 0. The minimum absolute atomic E-state index is 0.153. The van der Waals surface area contributed by atoms with Crippen molar-refractivity contribution in [3.05, 3.63) is 70.8 Å². The van der Waals surface area contributed by atoms with Crippen LogP contribution in [0.2, 0.25) is 0 Å². The average Bonchev–Trinajstić information content (AvgIpc) is 2.60. The van der Waals surface area contributed by atoms with Crippen LogP contribution in [-0.4, -0.2) is 38.9 Å². The molecule has 5 nitrogen and oxygen atoms in total.